The second-order valence-electron chi connectivity index (χ2n) is 3.64. The van der Waals surface area contributed by atoms with Gasteiger partial charge in [0.25, 0.3) is 0 Å². The summed E-state index contributed by atoms with van der Waals surface area (Å²) >= 11 is 0. The maximum atomic E-state index is 10.8. The molecule has 0 rings (SSSR count). The van der Waals surface area contributed by atoms with Gasteiger partial charge in [-0.2, -0.15) is 0 Å². The molecule has 0 fully saturated rings. The first-order valence-corrected chi connectivity index (χ1v) is 5.16. The molecule has 4 heteroatoms. The Morgan fingerprint density at radius 2 is 2.07 bits per heavy atom. The fourth-order valence-corrected chi connectivity index (χ4v) is 0.915. The number of rotatable bonds is 8. The van der Waals surface area contributed by atoms with Crippen molar-refractivity contribution in [3.8, 4) is 0 Å². The largest absolute Gasteiger partial charge is 0.380 e. The van der Waals surface area contributed by atoms with Gasteiger partial charge in [0, 0.05) is 33.2 Å². The van der Waals surface area contributed by atoms with Gasteiger partial charge in [-0.3, -0.25) is 4.79 Å². The predicted molar refractivity (Wildman–Crippen MR) is 57.2 cm³/mol. The average molecular weight is 202 g/mol. The van der Waals surface area contributed by atoms with Gasteiger partial charge in [-0.15, -0.1) is 0 Å². The van der Waals surface area contributed by atoms with Crippen LogP contribution >= 0.6 is 0 Å². The molecule has 4 nitrogen and oxygen atoms in total. The van der Waals surface area contributed by atoms with Gasteiger partial charge in [0.2, 0.25) is 5.91 Å². The van der Waals surface area contributed by atoms with Gasteiger partial charge in [-0.05, 0) is 5.92 Å². The highest BCUT2D eigenvalue weighted by Gasteiger charge is 1.96. The fraction of sp³-hybridized carbons (Fsp3) is 0.900. The van der Waals surface area contributed by atoms with Gasteiger partial charge < -0.3 is 15.4 Å². The van der Waals surface area contributed by atoms with Crippen molar-refractivity contribution in [2.45, 2.75) is 20.3 Å². The third-order valence-electron chi connectivity index (χ3n) is 1.68. The van der Waals surface area contributed by atoms with Crippen molar-refractivity contribution in [3.63, 3.8) is 0 Å². The molecule has 0 aliphatic heterocycles. The van der Waals surface area contributed by atoms with Crippen LogP contribution in [0.25, 0.3) is 0 Å². The Morgan fingerprint density at radius 3 is 2.64 bits per heavy atom. The Morgan fingerprint density at radius 1 is 1.36 bits per heavy atom. The SMILES string of the molecule is CNC(=O)CCNCCOCC(C)C. The molecule has 0 bridgehead atoms. The van der Waals surface area contributed by atoms with Crippen molar-refractivity contribution < 1.29 is 9.53 Å². The molecule has 14 heavy (non-hydrogen) atoms. The molecule has 0 unspecified atom stereocenters. The topological polar surface area (TPSA) is 50.4 Å². The summed E-state index contributed by atoms with van der Waals surface area (Å²) in [4.78, 5) is 10.8. The number of nitrogens with one attached hydrogen (secondary N) is 2. The van der Waals surface area contributed by atoms with Gasteiger partial charge in [0.15, 0.2) is 0 Å². The Bertz CT molecular complexity index is 149. The molecule has 0 atom stereocenters. The second-order valence-corrected chi connectivity index (χ2v) is 3.64. The zero-order chi connectivity index (χ0) is 10.8. The molecule has 0 saturated heterocycles. The first kappa shape index (κ1) is 13.4. The summed E-state index contributed by atoms with van der Waals surface area (Å²) in [5.41, 5.74) is 0. The monoisotopic (exact) mass is 202 g/mol. The van der Waals surface area contributed by atoms with Crippen molar-refractivity contribution in [2.24, 2.45) is 5.92 Å². The number of hydrogen-bond donors (Lipinski definition) is 2. The highest BCUT2D eigenvalue weighted by Crippen LogP contribution is 1.90. The maximum Gasteiger partial charge on any atom is 0.221 e. The van der Waals surface area contributed by atoms with Crippen molar-refractivity contribution in [2.75, 3.05) is 33.4 Å². The highest BCUT2D eigenvalue weighted by molar-refractivity contribution is 5.75. The number of ether oxygens (including phenoxy) is 1. The Kier molecular flexibility index (Phi) is 8.57. The summed E-state index contributed by atoms with van der Waals surface area (Å²) in [5, 5.41) is 5.71. The van der Waals surface area contributed by atoms with E-state index >= 15 is 0 Å². The minimum atomic E-state index is 0.0700. The van der Waals surface area contributed by atoms with E-state index in [1.54, 1.807) is 7.05 Å². The summed E-state index contributed by atoms with van der Waals surface area (Å²) in [6.07, 6.45) is 0.528. The molecule has 1 amide bonds. The highest BCUT2D eigenvalue weighted by atomic mass is 16.5. The van der Waals surface area contributed by atoms with Crippen LogP contribution < -0.4 is 10.6 Å². The minimum absolute atomic E-state index is 0.0700. The zero-order valence-electron chi connectivity index (χ0n) is 9.43. The van der Waals surface area contributed by atoms with Crippen molar-refractivity contribution >= 4 is 5.91 Å². The average Bonchev–Trinajstić information content (AvgIpc) is 2.15. The van der Waals surface area contributed by atoms with Crippen LogP contribution in [0.1, 0.15) is 20.3 Å². The Labute approximate surface area is 86.4 Å². The second kappa shape index (κ2) is 8.97. The molecule has 84 valence electrons. The first-order valence-electron chi connectivity index (χ1n) is 5.16. The number of hydrogen-bond acceptors (Lipinski definition) is 3. The van der Waals surface area contributed by atoms with Crippen LogP contribution in [0.4, 0.5) is 0 Å². The molecule has 2 N–H and O–H groups in total. The van der Waals surface area contributed by atoms with Gasteiger partial charge in [0.1, 0.15) is 0 Å². The van der Waals surface area contributed by atoms with Gasteiger partial charge in [-0.25, -0.2) is 0 Å². The summed E-state index contributed by atoms with van der Waals surface area (Å²) in [5.74, 6) is 0.654. The van der Waals surface area contributed by atoms with E-state index in [0.717, 1.165) is 13.2 Å². The van der Waals surface area contributed by atoms with Crippen LogP contribution in [0.3, 0.4) is 0 Å². The molecule has 0 spiro atoms. The van der Waals surface area contributed by atoms with Crippen LogP contribution in [0.5, 0.6) is 0 Å². The van der Waals surface area contributed by atoms with E-state index in [1.165, 1.54) is 0 Å². The molecule has 0 aliphatic rings. The molecule has 0 radical (unpaired) electrons. The molecule has 0 aromatic carbocycles. The van der Waals surface area contributed by atoms with Gasteiger partial charge >= 0.3 is 0 Å². The third kappa shape index (κ3) is 9.48. The Hall–Kier alpha value is -0.610. The maximum absolute atomic E-state index is 10.8. The molecular formula is C10H22N2O2. The quantitative estimate of drug-likeness (QED) is 0.560. The molecule has 0 aliphatic carbocycles. The van der Waals surface area contributed by atoms with Crippen molar-refractivity contribution in [1.29, 1.82) is 0 Å². The normalized spacial score (nSPS) is 10.6. The molecule has 0 aromatic heterocycles. The zero-order valence-corrected chi connectivity index (χ0v) is 9.43. The van der Waals surface area contributed by atoms with Gasteiger partial charge in [-0.1, -0.05) is 13.8 Å². The van der Waals surface area contributed by atoms with Crippen molar-refractivity contribution in [1.82, 2.24) is 10.6 Å². The number of amides is 1. The molecular weight excluding hydrogens is 180 g/mol. The predicted octanol–water partition coefficient (Wildman–Crippen LogP) is 0.385. The molecule has 0 aromatic rings. The standard InChI is InChI=1S/C10H22N2O2/c1-9(2)8-14-7-6-12-5-4-10(13)11-3/h9,12H,4-8H2,1-3H3,(H,11,13). The van der Waals surface area contributed by atoms with E-state index in [1.807, 2.05) is 0 Å². The van der Waals surface area contributed by atoms with E-state index in [4.69, 9.17) is 4.74 Å². The number of carbonyl (C=O) groups excluding carboxylic acids is 1. The van der Waals surface area contributed by atoms with E-state index in [9.17, 15) is 4.79 Å². The lowest BCUT2D eigenvalue weighted by Crippen LogP contribution is -2.27. The van der Waals surface area contributed by atoms with Crippen LogP contribution in [-0.4, -0.2) is 39.3 Å². The van der Waals surface area contributed by atoms with Crippen LogP contribution in [0.2, 0.25) is 0 Å². The summed E-state index contributed by atoms with van der Waals surface area (Å²) in [6.45, 7) is 7.29. The lowest BCUT2D eigenvalue weighted by atomic mass is 10.2. The summed E-state index contributed by atoms with van der Waals surface area (Å²) in [7, 11) is 1.65. The van der Waals surface area contributed by atoms with Crippen molar-refractivity contribution in [3.05, 3.63) is 0 Å². The summed E-state index contributed by atoms with van der Waals surface area (Å²) < 4.78 is 5.37. The Balaban J connectivity index is 3.03. The van der Waals surface area contributed by atoms with Gasteiger partial charge in [0.05, 0.1) is 6.61 Å². The lowest BCUT2D eigenvalue weighted by Gasteiger charge is -2.07. The summed E-state index contributed by atoms with van der Waals surface area (Å²) in [6, 6.07) is 0. The van der Waals surface area contributed by atoms with Crippen LogP contribution in [-0.2, 0) is 9.53 Å². The van der Waals surface area contributed by atoms with E-state index in [0.29, 0.717) is 25.5 Å². The minimum Gasteiger partial charge on any atom is -0.380 e. The van der Waals surface area contributed by atoms with E-state index in [2.05, 4.69) is 24.5 Å². The van der Waals surface area contributed by atoms with E-state index in [-0.39, 0.29) is 5.91 Å². The van der Waals surface area contributed by atoms with Crippen LogP contribution in [0, 0.1) is 5.92 Å². The third-order valence-corrected chi connectivity index (χ3v) is 1.68. The van der Waals surface area contributed by atoms with Crippen LogP contribution in [0.15, 0.2) is 0 Å². The first-order chi connectivity index (χ1) is 6.66. The fourth-order valence-electron chi connectivity index (χ4n) is 0.915. The molecule has 0 saturated carbocycles. The molecule has 0 heterocycles. The van der Waals surface area contributed by atoms with E-state index < -0.39 is 0 Å². The smallest absolute Gasteiger partial charge is 0.221 e. The number of carbonyl (C=O) groups is 1. The lowest BCUT2D eigenvalue weighted by molar-refractivity contribution is -0.120.